The molecule has 6 nitrogen and oxygen atoms in total. The molecule has 0 unspecified atom stereocenters. The van der Waals surface area contributed by atoms with Crippen LogP contribution in [0.5, 0.6) is 23.0 Å². The van der Waals surface area contributed by atoms with Crippen LogP contribution in [0.1, 0.15) is 0 Å². The summed E-state index contributed by atoms with van der Waals surface area (Å²) in [6, 6.07) is 55.3. The number of anilines is 6. The average Bonchev–Trinajstić information content (AvgIpc) is 3.24. The van der Waals surface area contributed by atoms with E-state index in [0.717, 1.165) is 57.1 Å². The van der Waals surface area contributed by atoms with Crippen LogP contribution in [-0.4, -0.2) is 28.4 Å². The fourth-order valence-electron chi connectivity index (χ4n) is 7.85. The van der Waals surface area contributed by atoms with Gasteiger partial charge < -0.3 is 28.7 Å². The Morgan fingerprint density at radius 2 is 0.537 bits per heavy atom. The van der Waals surface area contributed by atoms with Gasteiger partial charge in [0, 0.05) is 33.5 Å². The van der Waals surface area contributed by atoms with Crippen LogP contribution in [0.4, 0.5) is 34.1 Å². The number of fused-ring (bicyclic) bond motifs is 2. The molecule has 0 aliphatic heterocycles. The molecule has 0 radical (unpaired) electrons. The van der Waals surface area contributed by atoms with Crippen molar-refractivity contribution >= 4 is 77.2 Å². The van der Waals surface area contributed by atoms with E-state index < -0.39 is 0 Å². The first-order valence-corrected chi connectivity index (χ1v) is 17.9. The third-order valence-corrected chi connectivity index (χ3v) is 10.4. The highest BCUT2D eigenvalue weighted by molar-refractivity contribution is 6.35. The highest BCUT2D eigenvalue weighted by Gasteiger charge is 2.22. The smallest absolute Gasteiger partial charge is 0.119 e. The van der Waals surface area contributed by atoms with Gasteiger partial charge in [0.1, 0.15) is 23.0 Å². The molecule has 0 amide bonds. The van der Waals surface area contributed by atoms with E-state index in [1.165, 1.54) is 43.1 Å². The molecule has 6 heteroatoms. The largest absolute Gasteiger partial charge is 0.497 e. The van der Waals surface area contributed by atoms with Gasteiger partial charge in [0.05, 0.1) is 39.8 Å². The van der Waals surface area contributed by atoms with Crippen LogP contribution < -0.4 is 28.7 Å². The summed E-state index contributed by atoms with van der Waals surface area (Å²) >= 11 is 0. The first-order valence-electron chi connectivity index (χ1n) is 17.9. The predicted octanol–water partition coefficient (Wildman–Crippen LogP) is 12.7. The Kier molecular flexibility index (Phi) is 8.28. The van der Waals surface area contributed by atoms with Crippen molar-refractivity contribution in [2.75, 3.05) is 38.2 Å². The van der Waals surface area contributed by atoms with Crippen molar-refractivity contribution in [3.63, 3.8) is 0 Å². The summed E-state index contributed by atoms with van der Waals surface area (Å²) in [4.78, 5) is 4.62. The zero-order valence-electron chi connectivity index (χ0n) is 30.5. The SMILES string of the molecule is COc1ccc(N(c2ccc(OC)cc2)c2ccc3c4cccc5c(N(c6ccc(OC)cc6)c6ccc(OC)cc6)ccc(c6cccc2c63)c54)cc1. The molecule has 0 saturated carbocycles. The first kappa shape index (κ1) is 33.0. The van der Waals surface area contributed by atoms with Crippen LogP contribution in [0.25, 0.3) is 43.1 Å². The van der Waals surface area contributed by atoms with E-state index in [-0.39, 0.29) is 0 Å². The van der Waals surface area contributed by atoms with Crippen LogP contribution in [0.2, 0.25) is 0 Å². The van der Waals surface area contributed by atoms with Gasteiger partial charge in [0.25, 0.3) is 0 Å². The van der Waals surface area contributed by atoms with E-state index in [2.05, 4.69) is 119 Å². The van der Waals surface area contributed by atoms with Gasteiger partial charge in [0.15, 0.2) is 0 Å². The highest BCUT2D eigenvalue weighted by atomic mass is 16.5. The molecule has 0 atom stereocenters. The number of nitrogens with zero attached hydrogens (tertiary/aromatic N) is 2. The number of hydrogen-bond acceptors (Lipinski definition) is 6. The molecular weight excluding hydrogens is 669 g/mol. The maximum Gasteiger partial charge on any atom is 0.119 e. The average molecular weight is 707 g/mol. The van der Waals surface area contributed by atoms with E-state index in [1.807, 2.05) is 48.5 Å². The Morgan fingerprint density at radius 1 is 0.278 bits per heavy atom. The Morgan fingerprint density at radius 3 is 0.815 bits per heavy atom. The lowest BCUT2D eigenvalue weighted by Crippen LogP contribution is -2.11. The molecule has 54 heavy (non-hydrogen) atoms. The van der Waals surface area contributed by atoms with Crippen LogP contribution >= 0.6 is 0 Å². The second-order valence-corrected chi connectivity index (χ2v) is 13.2. The van der Waals surface area contributed by atoms with Crippen molar-refractivity contribution in [1.29, 1.82) is 0 Å². The first-order chi connectivity index (χ1) is 26.6. The maximum absolute atomic E-state index is 5.52. The molecule has 0 aliphatic carbocycles. The molecular formula is C48H38N2O4. The molecule has 9 aromatic rings. The minimum Gasteiger partial charge on any atom is -0.497 e. The molecule has 0 saturated heterocycles. The van der Waals surface area contributed by atoms with Crippen molar-refractivity contribution in [2.45, 2.75) is 0 Å². The van der Waals surface area contributed by atoms with Gasteiger partial charge in [-0.1, -0.05) is 48.5 Å². The van der Waals surface area contributed by atoms with E-state index in [9.17, 15) is 0 Å². The van der Waals surface area contributed by atoms with Crippen molar-refractivity contribution in [3.8, 4) is 23.0 Å². The quantitative estimate of drug-likeness (QED) is 0.104. The maximum atomic E-state index is 5.52. The highest BCUT2D eigenvalue weighted by Crippen LogP contribution is 2.49. The zero-order valence-corrected chi connectivity index (χ0v) is 30.5. The van der Waals surface area contributed by atoms with Crippen LogP contribution in [0.15, 0.2) is 158 Å². The molecule has 264 valence electrons. The molecule has 0 spiro atoms. The monoisotopic (exact) mass is 706 g/mol. The second-order valence-electron chi connectivity index (χ2n) is 13.2. The number of ether oxygens (including phenoxy) is 4. The molecule has 9 aromatic carbocycles. The summed E-state index contributed by atoms with van der Waals surface area (Å²) in [5.74, 6) is 3.25. The summed E-state index contributed by atoms with van der Waals surface area (Å²) in [6.45, 7) is 0. The minimum absolute atomic E-state index is 0.812. The molecule has 0 N–H and O–H groups in total. The number of rotatable bonds is 10. The summed E-state index contributed by atoms with van der Waals surface area (Å²) in [5.41, 5.74) is 6.29. The van der Waals surface area contributed by atoms with Gasteiger partial charge in [-0.05, 0) is 142 Å². The van der Waals surface area contributed by atoms with Crippen LogP contribution in [0.3, 0.4) is 0 Å². The number of benzene rings is 9. The van der Waals surface area contributed by atoms with Crippen molar-refractivity contribution in [2.24, 2.45) is 0 Å². The zero-order chi connectivity index (χ0) is 36.8. The normalized spacial score (nSPS) is 11.3. The van der Waals surface area contributed by atoms with Gasteiger partial charge in [-0.3, -0.25) is 0 Å². The van der Waals surface area contributed by atoms with Gasteiger partial charge in [-0.15, -0.1) is 0 Å². The van der Waals surface area contributed by atoms with Gasteiger partial charge >= 0.3 is 0 Å². The third-order valence-electron chi connectivity index (χ3n) is 10.4. The standard InChI is InChI=1S/C48H38N2O4/c1-51-35-19-11-31(12-20-35)49(32-13-21-36(52-2)22-14-32)45-29-27-41-40-8-6-10-44-46(30-28-42(48(40)44)39-7-5-9-43(45)47(39)41)50(33-15-23-37(53-3)24-16-33)34-17-25-38(54-4)26-18-34/h5-30H,1-4H3. The fourth-order valence-corrected chi connectivity index (χ4v) is 7.85. The molecule has 0 aliphatic rings. The minimum atomic E-state index is 0.812. The topological polar surface area (TPSA) is 43.4 Å². The summed E-state index contributed by atoms with van der Waals surface area (Å²) < 4.78 is 22.1. The van der Waals surface area contributed by atoms with Crippen molar-refractivity contribution < 1.29 is 18.9 Å². The summed E-state index contributed by atoms with van der Waals surface area (Å²) in [6.07, 6.45) is 0. The molecule has 0 bridgehead atoms. The lowest BCUT2D eigenvalue weighted by atomic mass is 9.88. The molecule has 9 rings (SSSR count). The van der Waals surface area contributed by atoms with Gasteiger partial charge in [-0.25, -0.2) is 0 Å². The predicted molar refractivity (Wildman–Crippen MR) is 223 cm³/mol. The molecule has 0 heterocycles. The fraction of sp³-hybridized carbons (Fsp3) is 0.0833. The van der Waals surface area contributed by atoms with Gasteiger partial charge in [0.2, 0.25) is 0 Å². The summed E-state index contributed by atoms with van der Waals surface area (Å²) in [7, 11) is 6.78. The van der Waals surface area contributed by atoms with Crippen molar-refractivity contribution in [1.82, 2.24) is 0 Å². The van der Waals surface area contributed by atoms with E-state index >= 15 is 0 Å². The van der Waals surface area contributed by atoms with Crippen LogP contribution in [-0.2, 0) is 0 Å². The van der Waals surface area contributed by atoms with E-state index in [0.29, 0.717) is 0 Å². The van der Waals surface area contributed by atoms with Crippen molar-refractivity contribution in [3.05, 3.63) is 158 Å². The van der Waals surface area contributed by atoms with Crippen LogP contribution in [0, 0.1) is 0 Å². The Balaban J connectivity index is 1.28. The third kappa shape index (κ3) is 5.42. The lowest BCUT2D eigenvalue weighted by Gasteiger charge is -2.29. The van der Waals surface area contributed by atoms with Gasteiger partial charge in [-0.2, -0.15) is 0 Å². The van der Waals surface area contributed by atoms with E-state index in [1.54, 1.807) is 28.4 Å². The number of methoxy groups -OCH3 is 4. The second kappa shape index (κ2) is 13.6. The Labute approximate surface area is 314 Å². The Bertz CT molecular complexity index is 2440. The Hall–Kier alpha value is -6.92. The lowest BCUT2D eigenvalue weighted by molar-refractivity contribution is 0.414. The number of hydrogen-bond donors (Lipinski definition) is 0. The summed E-state index contributed by atoms with van der Waals surface area (Å²) in [5, 5.41) is 9.65. The molecule has 0 fully saturated rings. The molecule has 0 aromatic heterocycles. The van der Waals surface area contributed by atoms with E-state index in [4.69, 9.17) is 18.9 Å².